The highest BCUT2D eigenvalue weighted by molar-refractivity contribution is 5.28. The number of nitrogens with zero attached hydrogens (tertiary/aromatic N) is 3. The number of nitrogens with two attached hydrogens (primary N) is 1. The van der Waals surface area contributed by atoms with Crippen molar-refractivity contribution in [1.82, 2.24) is 20.4 Å². The van der Waals surface area contributed by atoms with E-state index in [1.807, 2.05) is 50.3 Å². The van der Waals surface area contributed by atoms with Crippen LogP contribution in [-0.4, -0.2) is 15.0 Å². The molecule has 0 saturated heterocycles. The van der Waals surface area contributed by atoms with E-state index in [0.717, 1.165) is 11.4 Å². The van der Waals surface area contributed by atoms with E-state index in [-0.39, 0.29) is 6.04 Å². The molecular weight excluding hydrogens is 226 g/mol. The molecule has 1 aromatic carbocycles. The maximum atomic E-state index is 5.53. The number of nitrogens with one attached hydrogen (secondary N) is 1. The number of benzene rings is 1. The Balaban J connectivity index is 2.27. The van der Waals surface area contributed by atoms with Crippen LogP contribution in [0.3, 0.4) is 0 Å². The van der Waals surface area contributed by atoms with Crippen molar-refractivity contribution in [2.75, 3.05) is 0 Å². The van der Waals surface area contributed by atoms with E-state index in [0.29, 0.717) is 0 Å². The van der Waals surface area contributed by atoms with E-state index >= 15 is 0 Å². The summed E-state index contributed by atoms with van der Waals surface area (Å²) in [6, 6.07) is 9.65. The summed E-state index contributed by atoms with van der Waals surface area (Å²) in [5.41, 5.74) is 5.62. The summed E-state index contributed by atoms with van der Waals surface area (Å²) in [7, 11) is 0. The molecule has 0 aliphatic heterocycles. The van der Waals surface area contributed by atoms with Gasteiger partial charge < -0.3 is 0 Å². The Labute approximate surface area is 106 Å². The standard InChI is InChI=1S/C13H17N5/c1-10(2)8-12(16-14)13-9-15-18(17-13)11-6-4-3-5-7-11/h3-9,12,16H,14H2,1-2H3. The largest absolute Gasteiger partial charge is 0.271 e. The van der Waals surface area contributed by atoms with E-state index in [1.165, 1.54) is 5.57 Å². The average Bonchev–Trinajstić information content (AvgIpc) is 2.86. The molecule has 0 bridgehead atoms. The highest BCUT2D eigenvalue weighted by Gasteiger charge is 2.11. The second-order valence-electron chi connectivity index (χ2n) is 4.28. The van der Waals surface area contributed by atoms with Gasteiger partial charge in [-0.3, -0.25) is 5.84 Å². The summed E-state index contributed by atoms with van der Waals surface area (Å²) in [6.45, 7) is 4.04. The first-order valence-electron chi connectivity index (χ1n) is 5.79. The van der Waals surface area contributed by atoms with Gasteiger partial charge >= 0.3 is 0 Å². The molecule has 0 aliphatic rings. The maximum absolute atomic E-state index is 5.53. The Kier molecular flexibility index (Phi) is 3.86. The smallest absolute Gasteiger partial charge is 0.105 e. The van der Waals surface area contributed by atoms with Crippen LogP contribution in [0.15, 0.2) is 48.2 Å². The van der Waals surface area contributed by atoms with Gasteiger partial charge in [-0.15, -0.1) is 0 Å². The topological polar surface area (TPSA) is 68.8 Å². The SMILES string of the molecule is CC(C)=CC(NN)c1cnn(-c2ccccc2)n1. The molecule has 5 heteroatoms. The number of hydrogen-bond acceptors (Lipinski definition) is 4. The monoisotopic (exact) mass is 243 g/mol. The number of aromatic nitrogens is 3. The van der Waals surface area contributed by atoms with Crippen molar-refractivity contribution in [1.29, 1.82) is 0 Å². The summed E-state index contributed by atoms with van der Waals surface area (Å²) >= 11 is 0. The molecule has 0 radical (unpaired) electrons. The summed E-state index contributed by atoms with van der Waals surface area (Å²) in [4.78, 5) is 1.60. The van der Waals surface area contributed by atoms with Crippen molar-refractivity contribution in [2.24, 2.45) is 5.84 Å². The lowest BCUT2D eigenvalue weighted by atomic mass is 10.1. The molecule has 1 atom stereocenters. The molecule has 5 nitrogen and oxygen atoms in total. The molecule has 1 unspecified atom stereocenters. The number of rotatable bonds is 4. The predicted octanol–water partition coefficient (Wildman–Crippen LogP) is 1.74. The third-order valence-corrected chi connectivity index (χ3v) is 2.49. The highest BCUT2D eigenvalue weighted by Crippen LogP contribution is 2.13. The molecule has 3 N–H and O–H groups in total. The van der Waals surface area contributed by atoms with Gasteiger partial charge in [0.1, 0.15) is 5.69 Å². The molecule has 18 heavy (non-hydrogen) atoms. The molecule has 94 valence electrons. The Bertz CT molecular complexity index is 525. The summed E-state index contributed by atoms with van der Waals surface area (Å²) in [5, 5.41) is 8.67. The third-order valence-electron chi connectivity index (χ3n) is 2.49. The van der Waals surface area contributed by atoms with Gasteiger partial charge in [0, 0.05) is 0 Å². The quantitative estimate of drug-likeness (QED) is 0.487. The maximum Gasteiger partial charge on any atom is 0.105 e. The van der Waals surface area contributed by atoms with Crippen molar-refractivity contribution in [3.05, 3.63) is 53.9 Å². The van der Waals surface area contributed by atoms with E-state index in [1.54, 1.807) is 11.0 Å². The van der Waals surface area contributed by atoms with E-state index in [4.69, 9.17) is 5.84 Å². The van der Waals surface area contributed by atoms with Gasteiger partial charge in [0.15, 0.2) is 0 Å². The molecule has 1 aromatic heterocycles. The second kappa shape index (κ2) is 5.57. The van der Waals surface area contributed by atoms with Crippen LogP contribution in [0, 0.1) is 0 Å². The van der Waals surface area contributed by atoms with E-state index in [2.05, 4.69) is 15.6 Å². The van der Waals surface area contributed by atoms with Gasteiger partial charge in [-0.2, -0.15) is 15.0 Å². The zero-order valence-electron chi connectivity index (χ0n) is 10.5. The van der Waals surface area contributed by atoms with Crippen LogP contribution in [0.4, 0.5) is 0 Å². The molecule has 0 amide bonds. The Hall–Kier alpha value is -1.98. The van der Waals surface area contributed by atoms with Crippen molar-refractivity contribution in [3.8, 4) is 5.69 Å². The van der Waals surface area contributed by atoms with Crippen molar-refractivity contribution in [2.45, 2.75) is 19.9 Å². The van der Waals surface area contributed by atoms with Crippen molar-refractivity contribution in [3.63, 3.8) is 0 Å². The second-order valence-corrected chi connectivity index (χ2v) is 4.28. The van der Waals surface area contributed by atoms with E-state index in [9.17, 15) is 0 Å². The first kappa shape index (κ1) is 12.5. The molecule has 0 aliphatic carbocycles. The fourth-order valence-electron chi connectivity index (χ4n) is 1.66. The van der Waals surface area contributed by atoms with Gasteiger partial charge in [-0.25, -0.2) is 5.43 Å². The van der Waals surface area contributed by atoms with Gasteiger partial charge in [-0.1, -0.05) is 29.8 Å². The highest BCUT2D eigenvalue weighted by atomic mass is 15.5. The molecule has 2 rings (SSSR count). The minimum Gasteiger partial charge on any atom is -0.271 e. The van der Waals surface area contributed by atoms with Crippen LogP contribution in [0.1, 0.15) is 25.6 Å². The lowest BCUT2D eigenvalue weighted by Crippen LogP contribution is -2.27. The molecule has 0 fully saturated rings. The third kappa shape index (κ3) is 2.82. The number of hydrazine groups is 1. The Morgan fingerprint density at radius 2 is 2.06 bits per heavy atom. The van der Waals surface area contributed by atoms with Crippen molar-refractivity contribution >= 4 is 0 Å². The average molecular weight is 243 g/mol. The summed E-state index contributed by atoms with van der Waals surface area (Å²) in [6.07, 6.45) is 3.73. The van der Waals surface area contributed by atoms with Crippen molar-refractivity contribution < 1.29 is 0 Å². The van der Waals surface area contributed by atoms with Crippen LogP contribution in [0.25, 0.3) is 5.69 Å². The zero-order chi connectivity index (χ0) is 13.0. The summed E-state index contributed by atoms with van der Waals surface area (Å²) < 4.78 is 0. The molecule has 0 spiro atoms. The van der Waals surface area contributed by atoms with Crippen LogP contribution < -0.4 is 11.3 Å². The lowest BCUT2D eigenvalue weighted by Gasteiger charge is -2.08. The molecule has 0 saturated carbocycles. The minimum atomic E-state index is -0.118. The van der Waals surface area contributed by atoms with Gasteiger partial charge in [-0.05, 0) is 26.0 Å². The normalized spacial score (nSPS) is 12.2. The molecule has 2 aromatic rings. The van der Waals surface area contributed by atoms with Gasteiger partial charge in [0.25, 0.3) is 0 Å². The Morgan fingerprint density at radius 1 is 1.33 bits per heavy atom. The van der Waals surface area contributed by atoms with Gasteiger partial charge in [0.05, 0.1) is 17.9 Å². The molecular formula is C13H17N5. The summed E-state index contributed by atoms with van der Waals surface area (Å²) in [5.74, 6) is 5.53. The zero-order valence-corrected chi connectivity index (χ0v) is 10.5. The van der Waals surface area contributed by atoms with Crippen LogP contribution in [0.5, 0.6) is 0 Å². The predicted molar refractivity (Wildman–Crippen MR) is 70.9 cm³/mol. The van der Waals surface area contributed by atoms with Crippen LogP contribution in [-0.2, 0) is 0 Å². The van der Waals surface area contributed by atoms with E-state index < -0.39 is 0 Å². The lowest BCUT2D eigenvalue weighted by molar-refractivity contribution is 0.622. The molecule has 1 heterocycles. The number of para-hydroxylation sites is 1. The van der Waals surface area contributed by atoms with Crippen LogP contribution >= 0.6 is 0 Å². The Morgan fingerprint density at radius 3 is 2.67 bits per heavy atom. The minimum absolute atomic E-state index is 0.118. The fourth-order valence-corrected chi connectivity index (χ4v) is 1.66. The first-order valence-corrected chi connectivity index (χ1v) is 5.79. The fraction of sp³-hybridized carbons (Fsp3) is 0.231. The number of hydrogen-bond donors (Lipinski definition) is 2. The first-order chi connectivity index (χ1) is 8.70. The number of allylic oxidation sites excluding steroid dienone is 1. The van der Waals surface area contributed by atoms with Gasteiger partial charge in [0.2, 0.25) is 0 Å². The van der Waals surface area contributed by atoms with Crippen LogP contribution in [0.2, 0.25) is 0 Å².